The number of nitriles is 1. The second kappa shape index (κ2) is 6.98. The average Bonchev–Trinajstić information content (AvgIpc) is 2.76. The van der Waals surface area contributed by atoms with Gasteiger partial charge in [0, 0.05) is 6.07 Å². The number of amidine groups is 1. The van der Waals surface area contributed by atoms with Crippen molar-refractivity contribution in [1.82, 2.24) is 0 Å². The van der Waals surface area contributed by atoms with E-state index in [1.165, 1.54) is 6.07 Å². The summed E-state index contributed by atoms with van der Waals surface area (Å²) >= 11 is 0. The van der Waals surface area contributed by atoms with Crippen LogP contribution in [0, 0.1) is 33.8 Å². The van der Waals surface area contributed by atoms with Crippen molar-refractivity contribution in [2.45, 2.75) is 45.8 Å². The van der Waals surface area contributed by atoms with Crippen LogP contribution in [0.5, 0.6) is 0 Å². The fraction of sp³-hybridized carbons (Fsp3) is 0.438. The third kappa shape index (κ3) is 3.91. The van der Waals surface area contributed by atoms with Crippen LogP contribution in [0.1, 0.15) is 33.3 Å². The van der Waals surface area contributed by atoms with Crippen molar-refractivity contribution < 1.29 is 14.2 Å². The Bertz CT molecular complexity index is 858. The van der Waals surface area contributed by atoms with Crippen LogP contribution in [0.4, 0.5) is 11.4 Å². The fourth-order valence-corrected chi connectivity index (χ4v) is 2.46. The Kier molecular flexibility index (Phi) is 5.26. The SMILES string of the molecule is Cc1cc(B2OC(C)(C)C(C)(C)O2)cc([N+](=O)[O-])c1N/N=C(\C#N)C(=N)N. The average molecular weight is 372 g/mol. The van der Waals surface area contributed by atoms with Crippen LogP contribution >= 0.6 is 0 Å². The maximum Gasteiger partial charge on any atom is 0.495 e. The molecule has 1 heterocycles. The number of nitro groups is 1. The van der Waals surface area contributed by atoms with Crippen LogP contribution in [0.2, 0.25) is 0 Å². The summed E-state index contributed by atoms with van der Waals surface area (Å²) in [5, 5.41) is 31.4. The first-order chi connectivity index (χ1) is 12.4. The standard InChI is InChI=1S/C16H21BN6O4/c1-9-6-10(17-26-15(2,3)16(4,5)27-17)7-12(23(24)25)13(9)22-21-11(8-18)14(19)20/h6-7,22H,1-5H3,(H3,19,20)/b21-11+. The van der Waals surface area contributed by atoms with Crippen LogP contribution in [-0.2, 0) is 9.31 Å². The molecule has 142 valence electrons. The van der Waals surface area contributed by atoms with Gasteiger partial charge in [0.2, 0.25) is 5.71 Å². The maximum atomic E-state index is 11.5. The quantitative estimate of drug-likeness (QED) is 0.232. The van der Waals surface area contributed by atoms with Gasteiger partial charge in [-0.1, -0.05) is 6.07 Å². The first-order valence-corrected chi connectivity index (χ1v) is 8.12. The molecule has 0 saturated carbocycles. The number of nitrogens with two attached hydrogens (primary N) is 1. The van der Waals surface area contributed by atoms with E-state index in [-0.39, 0.29) is 17.1 Å². The molecule has 27 heavy (non-hydrogen) atoms. The zero-order valence-corrected chi connectivity index (χ0v) is 15.8. The van der Waals surface area contributed by atoms with Gasteiger partial charge >= 0.3 is 7.12 Å². The molecule has 1 aromatic carbocycles. The number of hydrogen-bond acceptors (Lipinski definition) is 8. The molecule has 0 bridgehead atoms. The molecule has 0 aliphatic carbocycles. The Morgan fingerprint density at radius 1 is 1.37 bits per heavy atom. The van der Waals surface area contributed by atoms with Crippen LogP contribution in [-0.4, -0.2) is 34.8 Å². The van der Waals surface area contributed by atoms with E-state index in [9.17, 15) is 10.1 Å². The number of hydrogen-bond donors (Lipinski definition) is 3. The minimum Gasteiger partial charge on any atom is -0.399 e. The molecule has 0 atom stereocenters. The Labute approximate surface area is 157 Å². The second-order valence-corrected chi connectivity index (χ2v) is 7.17. The van der Waals surface area contributed by atoms with E-state index in [1.54, 1.807) is 19.1 Å². The summed E-state index contributed by atoms with van der Waals surface area (Å²) in [7, 11) is -0.753. The lowest BCUT2D eigenvalue weighted by atomic mass is 9.78. The molecule has 0 spiro atoms. The molecule has 0 amide bonds. The van der Waals surface area contributed by atoms with Crippen molar-refractivity contribution in [1.29, 1.82) is 10.7 Å². The van der Waals surface area contributed by atoms with Gasteiger partial charge in [0.1, 0.15) is 11.8 Å². The Morgan fingerprint density at radius 3 is 2.37 bits per heavy atom. The van der Waals surface area contributed by atoms with E-state index in [4.69, 9.17) is 25.7 Å². The lowest BCUT2D eigenvalue weighted by molar-refractivity contribution is -0.383. The molecule has 0 aromatic heterocycles. The molecule has 0 unspecified atom stereocenters. The molecule has 1 fully saturated rings. The summed E-state index contributed by atoms with van der Waals surface area (Å²) in [4.78, 5) is 11.0. The number of nitrogens with zero attached hydrogens (tertiary/aromatic N) is 3. The van der Waals surface area contributed by atoms with Crippen molar-refractivity contribution in [3.05, 3.63) is 27.8 Å². The number of hydrazone groups is 1. The third-order valence-corrected chi connectivity index (χ3v) is 4.70. The number of nitrogens with one attached hydrogen (secondary N) is 2. The molecule has 1 aromatic rings. The second-order valence-electron chi connectivity index (χ2n) is 7.17. The molecule has 4 N–H and O–H groups in total. The molecule has 11 heteroatoms. The summed E-state index contributed by atoms with van der Waals surface area (Å²) < 4.78 is 11.9. The smallest absolute Gasteiger partial charge is 0.399 e. The van der Waals surface area contributed by atoms with Crippen LogP contribution < -0.4 is 16.6 Å². The zero-order chi connectivity index (χ0) is 20.6. The predicted octanol–water partition coefficient (Wildman–Crippen LogP) is 1.43. The van der Waals surface area contributed by atoms with Gasteiger partial charge in [-0.2, -0.15) is 10.4 Å². The third-order valence-electron chi connectivity index (χ3n) is 4.70. The summed E-state index contributed by atoms with van der Waals surface area (Å²) in [6.07, 6.45) is 0. The first kappa shape index (κ1) is 20.3. The molecule has 2 rings (SSSR count). The molecule has 10 nitrogen and oxygen atoms in total. The van der Waals surface area contributed by atoms with Crippen molar-refractivity contribution >= 4 is 35.5 Å². The Hall–Kier alpha value is -2.97. The zero-order valence-electron chi connectivity index (χ0n) is 15.8. The molecule has 1 saturated heterocycles. The highest BCUT2D eigenvalue weighted by Gasteiger charge is 2.52. The molecule has 1 aliphatic rings. The minimum atomic E-state index is -0.753. The predicted molar refractivity (Wildman–Crippen MR) is 102 cm³/mol. The number of nitro benzene ring substituents is 1. The Morgan fingerprint density at radius 2 is 1.93 bits per heavy atom. The normalized spacial score (nSPS) is 18.1. The van der Waals surface area contributed by atoms with Gasteiger partial charge in [0.25, 0.3) is 5.69 Å². The number of anilines is 1. The van der Waals surface area contributed by atoms with Crippen molar-refractivity contribution in [3.8, 4) is 6.07 Å². The van der Waals surface area contributed by atoms with Crippen molar-refractivity contribution in [3.63, 3.8) is 0 Å². The first-order valence-electron chi connectivity index (χ1n) is 8.12. The highest BCUT2D eigenvalue weighted by Crippen LogP contribution is 2.37. The van der Waals surface area contributed by atoms with E-state index < -0.39 is 29.1 Å². The largest absolute Gasteiger partial charge is 0.495 e. The van der Waals surface area contributed by atoms with Crippen molar-refractivity contribution in [2.24, 2.45) is 10.8 Å². The fourth-order valence-electron chi connectivity index (χ4n) is 2.46. The van der Waals surface area contributed by atoms with Gasteiger partial charge in [-0.25, -0.2) is 0 Å². The van der Waals surface area contributed by atoms with Crippen LogP contribution in [0.3, 0.4) is 0 Å². The van der Waals surface area contributed by atoms with Crippen LogP contribution in [0.15, 0.2) is 17.2 Å². The van der Waals surface area contributed by atoms with E-state index in [2.05, 4.69) is 10.5 Å². The minimum absolute atomic E-state index is 0.0919. The highest BCUT2D eigenvalue weighted by molar-refractivity contribution is 6.62. The van der Waals surface area contributed by atoms with Gasteiger partial charge in [-0.15, -0.1) is 0 Å². The molecule has 1 aliphatic heterocycles. The van der Waals surface area contributed by atoms with Crippen LogP contribution in [0.25, 0.3) is 0 Å². The van der Waals surface area contributed by atoms with Gasteiger partial charge in [-0.05, 0) is 45.6 Å². The van der Waals surface area contributed by atoms with Gasteiger partial charge in [-0.3, -0.25) is 20.9 Å². The van der Waals surface area contributed by atoms with Gasteiger partial charge in [0.15, 0.2) is 5.84 Å². The molecular formula is C16H21BN6O4. The number of rotatable bonds is 5. The molecular weight excluding hydrogens is 351 g/mol. The van der Waals surface area contributed by atoms with Crippen molar-refractivity contribution in [2.75, 3.05) is 5.43 Å². The van der Waals surface area contributed by atoms with E-state index >= 15 is 0 Å². The van der Waals surface area contributed by atoms with Gasteiger partial charge in [0.05, 0.1) is 16.1 Å². The Balaban J connectivity index is 2.45. The van der Waals surface area contributed by atoms with E-state index in [0.717, 1.165) is 0 Å². The van der Waals surface area contributed by atoms with Gasteiger partial charge < -0.3 is 15.0 Å². The topological polar surface area (TPSA) is 160 Å². The lowest BCUT2D eigenvalue weighted by Crippen LogP contribution is -2.41. The molecule has 0 radical (unpaired) electrons. The summed E-state index contributed by atoms with van der Waals surface area (Å²) in [5.41, 5.74) is 6.99. The number of aryl methyl sites for hydroxylation is 1. The highest BCUT2D eigenvalue weighted by atomic mass is 16.7. The van der Waals surface area contributed by atoms with E-state index in [0.29, 0.717) is 11.0 Å². The maximum absolute atomic E-state index is 11.5. The van der Waals surface area contributed by atoms with E-state index in [1.807, 2.05) is 27.7 Å². The lowest BCUT2D eigenvalue weighted by Gasteiger charge is -2.32. The summed E-state index contributed by atoms with van der Waals surface area (Å²) in [6, 6.07) is 4.67. The summed E-state index contributed by atoms with van der Waals surface area (Å²) in [6.45, 7) is 9.22. The number of benzene rings is 1. The monoisotopic (exact) mass is 372 g/mol. The summed E-state index contributed by atoms with van der Waals surface area (Å²) in [5.74, 6) is -0.542.